The fourth-order valence-corrected chi connectivity index (χ4v) is 3.99. The molecule has 0 N–H and O–H groups in total. The number of piperidine rings is 1. The van der Waals surface area contributed by atoms with Crippen LogP contribution in [0.15, 0.2) is 41.0 Å². The molecule has 2 aliphatic rings. The molecular formula is C19H25BrN2O. The predicted octanol–water partition coefficient (Wildman–Crippen LogP) is 4.10. The molecule has 2 saturated heterocycles. The van der Waals surface area contributed by atoms with Crippen LogP contribution in [0.2, 0.25) is 0 Å². The molecule has 0 saturated carbocycles. The minimum Gasteiger partial charge on any atom is -0.373 e. The summed E-state index contributed by atoms with van der Waals surface area (Å²) in [6.45, 7) is 4.70. The highest BCUT2D eigenvalue weighted by atomic mass is 79.9. The molecule has 0 unspecified atom stereocenters. The van der Waals surface area contributed by atoms with Crippen molar-refractivity contribution >= 4 is 21.7 Å². The molecule has 1 aromatic rings. The molecule has 0 spiro atoms. The Labute approximate surface area is 147 Å². The standard InChI is InChI=1S/C19H25BrN2O/c20-17-7-4-6-16(14-17)19(23)9-13-22-12-5-8-18(22)15-21-10-2-1-3-11-21/h4,6-7,9,13-14,18H,1-3,5,8,10-12,15H2/b13-9+/t18-/m0/s1. The summed E-state index contributed by atoms with van der Waals surface area (Å²) in [6.07, 6.45) is 10.3. The Morgan fingerprint density at radius 1 is 1.17 bits per heavy atom. The molecule has 4 heteroatoms. The van der Waals surface area contributed by atoms with E-state index in [0.717, 1.165) is 23.1 Å². The van der Waals surface area contributed by atoms with Crippen LogP contribution in [-0.2, 0) is 0 Å². The summed E-state index contributed by atoms with van der Waals surface area (Å²) in [5.74, 6) is 0.0786. The number of likely N-dealkylation sites (tertiary alicyclic amines) is 2. The average Bonchev–Trinajstić information content (AvgIpc) is 3.00. The van der Waals surface area contributed by atoms with Gasteiger partial charge in [-0.3, -0.25) is 4.79 Å². The van der Waals surface area contributed by atoms with E-state index >= 15 is 0 Å². The van der Waals surface area contributed by atoms with Crippen molar-refractivity contribution in [1.82, 2.24) is 9.80 Å². The van der Waals surface area contributed by atoms with Crippen LogP contribution < -0.4 is 0 Å². The van der Waals surface area contributed by atoms with Gasteiger partial charge >= 0.3 is 0 Å². The number of hydrogen-bond donors (Lipinski definition) is 0. The smallest absolute Gasteiger partial charge is 0.187 e. The number of carbonyl (C=O) groups excluding carboxylic acids is 1. The molecule has 1 atom stereocenters. The lowest BCUT2D eigenvalue weighted by Crippen LogP contribution is -2.40. The first-order valence-corrected chi connectivity index (χ1v) is 9.48. The van der Waals surface area contributed by atoms with Gasteiger partial charge in [0, 0.05) is 41.4 Å². The van der Waals surface area contributed by atoms with E-state index in [2.05, 4.69) is 25.7 Å². The van der Waals surface area contributed by atoms with Gasteiger partial charge in [-0.2, -0.15) is 0 Å². The number of rotatable bonds is 5. The highest BCUT2D eigenvalue weighted by Crippen LogP contribution is 2.21. The van der Waals surface area contributed by atoms with Gasteiger partial charge in [0.2, 0.25) is 0 Å². The van der Waals surface area contributed by atoms with Crippen molar-refractivity contribution in [3.8, 4) is 0 Å². The Hall–Kier alpha value is -1.13. The maximum atomic E-state index is 12.3. The Morgan fingerprint density at radius 3 is 2.78 bits per heavy atom. The quantitative estimate of drug-likeness (QED) is 0.570. The molecule has 1 aromatic carbocycles. The van der Waals surface area contributed by atoms with E-state index in [1.165, 1.54) is 45.2 Å². The van der Waals surface area contributed by atoms with Crippen LogP contribution in [-0.4, -0.2) is 47.8 Å². The highest BCUT2D eigenvalue weighted by molar-refractivity contribution is 9.10. The predicted molar refractivity (Wildman–Crippen MR) is 97.6 cm³/mol. The van der Waals surface area contributed by atoms with Crippen molar-refractivity contribution in [3.05, 3.63) is 46.6 Å². The molecule has 0 bridgehead atoms. The Balaban J connectivity index is 1.58. The Kier molecular flexibility index (Phi) is 5.90. The van der Waals surface area contributed by atoms with Crippen LogP contribution >= 0.6 is 15.9 Å². The monoisotopic (exact) mass is 376 g/mol. The van der Waals surface area contributed by atoms with E-state index < -0.39 is 0 Å². The molecule has 2 aliphatic heterocycles. The molecule has 2 fully saturated rings. The normalized spacial score (nSPS) is 22.8. The van der Waals surface area contributed by atoms with Gasteiger partial charge in [-0.15, -0.1) is 0 Å². The van der Waals surface area contributed by atoms with E-state index in [0.29, 0.717) is 6.04 Å². The lowest BCUT2D eigenvalue weighted by atomic mass is 10.1. The van der Waals surface area contributed by atoms with E-state index in [1.54, 1.807) is 6.08 Å². The van der Waals surface area contributed by atoms with Crippen LogP contribution in [0, 0.1) is 0 Å². The van der Waals surface area contributed by atoms with Gasteiger partial charge < -0.3 is 9.80 Å². The second-order valence-electron chi connectivity index (χ2n) is 6.59. The van der Waals surface area contributed by atoms with Gasteiger partial charge in [-0.05, 0) is 50.9 Å². The Bertz CT molecular complexity index is 566. The van der Waals surface area contributed by atoms with Crippen LogP contribution in [0.3, 0.4) is 0 Å². The average molecular weight is 377 g/mol. The number of nitrogens with zero attached hydrogens (tertiary/aromatic N) is 2. The van der Waals surface area contributed by atoms with E-state index in [1.807, 2.05) is 30.5 Å². The lowest BCUT2D eigenvalue weighted by molar-refractivity contribution is 0.104. The molecule has 0 radical (unpaired) electrons. The minimum atomic E-state index is 0.0786. The van der Waals surface area contributed by atoms with E-state index in [-0.39, 0.29) is 5.78 Å². The summed E-state index contributed by atoms with van der Waals surface area (Å²) in [5.41, 5.74) is 0.738. The van der Waals surface area contributed by atoms with E-state index in [9.17, 15) is 4.79 Å². The summed E-state index contributed by atoms with van der Waals surface area (Å²) >= 11 is 3.42. The zero-order valence-corrected chi connectivity index (χ0v) is 15.2. The largest absolute Gasteiger partial charge is 0.373 e. The maximum Gasteiger partial charge on any atom is 0.187 e. The van der Waals surface area contributed by atoms with Gasteiger partial charge in [0.15, 0.2) is 5.78 Å². The molecule has 3 nitrogen and oxygen atoms in total. The molecule has 124 valence electrons. The van der Waals surface area contributed by atoms with Gasteiger partial charge in [0.05, 0.1) is 0 Å². The van der Waals surface area contributed by atoms with Gasteiger partial charge in [0.25, 0.3) is 0 Å². The SMILES string of the molecule is O=C(/C=C/N1CCC[C@H]1CN1CCCCC1)c1cccc(Br)c1. The van der Waals surface area contributed by atoms with Crippen molar-refractivity contribution in [2.24, 2.45) is 0 Å². The summed E-state index contributed by atoms with van der Waals surface area (Å²) in [7, 11) is 0. The number of benzene rings is 1. The number of halogens is 1. The summed E-state index contributed by atoms with van der Waals surface area (Å²) in [6, 6.07) is 8.16. The molecule has 0 aliphatic carbocycles. The van der Waals surface area contributed by atoms with Crippen LogP contribution in [0.1, 0.15) is 42.5 Å². The second-order valence-corrected chi connectivity index (χ2v) is 7.50. The van der Waals surface area contributed by atoms with Gasteiger partial charge in [0.1, 0.15) is 0 Å². The molecule has 23 heavy (non-hydrogen) atoms. The molecule has 2 heterocycles. The molecular weight excluding hydrogens is 352 g/mol. The third kappa shape index (κ3) is 4.67. The number of carbonyl (C=O) groups is 1. The summed E-state index contributed by atoms with van der Waals surface area (Å²) in [5, 5.41) is 0. The zero-order chi connectivity index (χ0) is 16.1. The summed E-state index contributed by atoms with van der Waals surface area (Å²) in [4.78, 5) is 17.3. The first kappa shape index (κ1) is 16.7. The number of hydrogen-bond acceptors (Lipinski definition) is 3. The third-order valence-corrected chi connectivity index (χ3v) is 5.36. The fourth-order valence-electron chi connectivity index (χ4n) is 3.59. The van der Waals surface area contributed by atoms with Crippen LogP contribution in [0.25, 0.3) is 0 Å². The first-order chi connectivity index (χ1) is 11.2. The number of allylic oxidation sites excluding steroid dienone is 1. The van der Waals surface area contributed by atoms with Crippen molar-refractivity contribution in [2.45, 2.75) is 38.1 Å². The van der Waals surface area contributed by atoms with Crippen molar-refractivity contribution in [1.29, 1.82) is 0 Å². The van der Waals surface area contributed by atoms with Crippen molar-refractivity contribution in [3.63, 3.8) is 0 Å². The van der Waals surface area contributed by atoms with Crippen molar-refractivity contribution in [2.75, 3.05) is 26.2 Å². The first-order valence-electron chi connectivity index (χ1n) is 8.68. The van der Waals surface area contributed by atoms with Gasteiger partial charge in [-0.1, -0.05) is 34.5 Å². The zero-order valence-electron chi connectivity index (χ0n) is 13.6. The number of ketones is 1. The molecule has 3 rings (SSSR count). The fraction of sp³-hybridized carbons (Fsp3) is 0.526. The highest BCUT2D eigenvalue weighted by Gasteiger charge is 2.24. The van der Waals surface area contributed by atoms with Crippen molar-refractivity contribution < 1.29 is 4.79 Å². The Morgan fingerprint density at radius 2 is 2.00 bits per heavy atom. The van der Waals surface area contributed by atoms with Gasteiger partial charge in [-0.25, -0.2) is 0 Å². The molecule has 0 aromatic heterocycles. The maximum absolute atomic E-state index is 12.3. The lowest BCUT2D eigenvalue weighted by Gasteiger charge is -2.32. The van der Waals surface area contributed by atoms with Crippen LogP contribution in [0.5, 0.6) is 0 Å². The summed E-state index contributed by atoms with van der Waals surface area (Å²) < 4.78 is 0.945. The van der Waals surface area contributed by atoms with E-state index in [4.69, 9.17) is 0 Å². The third-order valence-electron chi connectivity index (χ3n) is 4.87. The molecule has 0 amide bonds. The second kappa shape index (κ2) is 8.11. The van der Waals surface area contributed by atoms with Crippen LogP contribution in [0.4, 0.5) is 0 Å². The minimum absolute atomic E-state index is 0.0786. The topological polar surface area (TPSA) is 23.6 Å².